The van der Waals surface area contributed by atoms with Gasteiger partial charge in [0.15, 0.2) is 0 Å². The average molecular weight is 317 g/mol. The second-order valence-corrected chi connectivity index (χ2v) is 5.76. The molecule has 1 aliphatic rings. The van der Waals surface area contributed by atoms with Crippen LogP contribution < -0.4 is 4.74 Å². The Bertz CT molecular complexity index is 562. The molecule has 0 radical (unpaired) electrons. The van der Waals surface area contributed by atoms with Crippen molar-refractivity contribution in [3.63, 3.8) is 0 Å². The quantitative estimate of drug-likeness (QED) is 0.826. The van der Waals surface area contributed by atoms with Crippen LogP contribution >= 0.6 is 0 Å². The first-order valence-electron chi connectivity index (χ1n) is 7.97. The van der Waals surface area contributed by atoms with Crippen molar-refractivity contribution in [3.8, 4) is 5.75 Å². The van der Waals surface area contributed by atoms with Crippen molar-refractivity contribution < 1.29 is 14.6 Å². The largest absolute Gasteiger partial charge is 0.491 e. The number of hydrogen-bond acceptors (Lipinski definition) is 5. The zero-order valence-corrected chi connectivity index (χ0v) is 13.1. The molecule has 3 rings (SSSR count). The summed E-state index contributed by atoms with van der Waals surface area (Å²) in [5.41, 5.74) is 0. The molecule has 0 unspecified atom stereocenters. The minimum absolute atomic E-state index is 0.103. The maximum atomic E-state index is 10.2. The Kier molecular flexibility index (Phi) is 5.63. The van der Waals surface area contributed by atoms with Crippen LogP contribution in [0.4, 0.5) is 0 Å². The zero-order valence-electron chi connectivity index (χ0n) is 13.1. The Balaban J connectivity index is 1.41. The maximum Gasteiger partial charge on any atom is 0.119 e. The molecule has 23 heavy (non-hydrogen) atoms. The van der Waals surface area contributed by atoms with Gasteiger partial charge in [0, 0.05) is 32.0 Å². The molecule has 1 aromatic carbocycles. The van der Waals surface area contributed by atoms with E-state index in [0.29, 0.717) is 19.8 Å². The lowest BCUT2D eigenvalue weighted by Crippen LogP contribution is -2.47. The van der Waals surface area contributed by atoms with Gasteiger partial charge in [0.25, 0.3) is 0 Å². The third kappa shape index (κ3) is 5.06. The minimum Gasteiger partial charge on any atom is -0.491 e. The summed E-state index contributed by atoms with van der Waals surface area (Å²) in [4.78, 5) is 2.22. The van der Waals surface area contributed by atoms with Gasteiger partial charge < -0.3 is 14.6 Å². The summed E-state index contributed by atoms with van der Waals surface area (Å²) in [5, 5.41) is 14.4. The molecule has 0 saturated carbocycles. The second-order valence-electron chi connectivity index (χ2n) is 5.76. The number of benzene rings is 1. The lowest BCUT2D eigenvalue weighted by Gasteiger charge is -2.33. The lowest BCUT2D eigenvalue weighted by molar-refractivity contribution is -0.0517. The number of morpholine rings is 1. The van der Waals surface area contributed by atoms with E-state index in [4.69, 9.17) is 9.47 Å². The predicted molar refractivity (Wildman–Crippen MR) is 86.4 cm³/mol. The third-order valence-electron chi connectivity index (χ3n) is 3.83. The van der Waals surface area contributed by atoms with E-state index in [1.807, 2.05) is 47.3 Å². The number of β-amino-alcohol motifs (C(OH)–C–C–N with tert-alkyl or cyclic N) is 1. The van der Waals surface area contributed by atoms with Gasteiger partial charge in [-0.2, -0.15) is 5.10 Å². The highest BCUT2D eigenvalue weighted by Gasteiger charge is 2.23. The van der Waals surface area contributed by atoms with Crippen LogP contribution in [0.3, 0.4) is 0 Å². The predicted octanol–water partition coefficient (Wildman–Crippen LogP) is 1.02. The molecule has 0 aliphatic carbocycles. The van der Waals surface area contributed by atoms with Gasteiger partial charge in [0.1, 0.15) is 18.5 Å². The van der Waals surface area contributed by atoms with Gasteiger partial charge in [0.05, 0.1) is 19.3 Å². The molecule has 0 spiro atoms. The highest BCUT2D eigenvalue weighted by atomic mass is 16.5. The first kappa shape index (κ1) is 16.0. The lowest BCUT2D eigenvalue weighted by atomic mass is 10.2. The van der Waals surface area contributed by atoms with E-state index in [1.54, 1.807) is 6.20 Å². The van der Waals surface area contributed by atoms with E-state index in [0.717, 1.165) is 25.4 Å². The zero-order chi connectivity index (χ0) is 15.9. The van der Waals surface area contributed by atoms with Crippen molar-refractivity contribution in [1.29, 1.82) is 0 Å². The summed E-state index contributed by atoms with van der Waals surface area (Å²) < 4.78 is 13.3. The molecule has 6 nitrogen and oxygen atoms in total. The van der Waals surface area contributed by atoms with Gasteiger partial charge >= 0.3 is 0 Å². The van der Waals surface area contributed by atoms with E-state index in [-0.39, 0.29) is 6.10 Å². The molecule has 2 aromatic rings. The summed E-state index contributed by atoms with van der Waals surface area (Å²) in [7, 11) is 0. The topological polar surface area (TPSA) is 59.8 Å². The molecule has 1 fully saturated rings. The Morgan fingerprint density at radius 2 is 2.17 bits per heavy atom. The number of nitrogens with zero attached hydrogens (tertiary/aromatic N) is 3. The molecule has 0 bridgehead atoms. The van der Waals surface area contributed by atoms with Crippen LogP contribution in [0.1, 0.15) is 0 Å². The van der Waals surface area contributed by atoms with Gasteiger partial charge in [-0.25, -0.2) is 0 Å². The van der Waals surface area contributed by atoms with Crippen molar-refractivity contribution >= 4 is 0 Å². The summed E-state index contributed by atoms with van der Waals surface area (Å²) in [6, 6.07) is 11.5. The molecule has 6 heteroatoms. The monoisotopic (exact) mass is 317 g/mol. The molecule has 0 amide bonds. The number of ether oxygens (including phenoxy) is 2. The van der Waals surface area contributed by atoms with Gasteiger partial charge in [-0.15, -0.1) is 0 Å². The molecule has 2 atom stereocenters. The summed E-state index contributed by atoms with van der Waals surface area (Å²) in [6.45, 7) is 3.93. The normalized spacial score (nSPS) is 20.3. The summed E-state index contributed by atoms with van der Waals surface area (Å²) >= 11 is 0. The van der Waals surface area contributed by atoms with Gasteiger partial charge in [0.2, 0.25) is 0 Å². The molecule has 1 aliphatic heterocycles. The molecule has 2 heterocycles. The fourth-order valence-electron chi connectivity index (χ4n) is 2.73. The second kappa shape index (κ2) is 8.10. The molecule has 1 saturated heterocycles. The number of aliphatic hydroxyl groups is 1. The third-order valence-corrected chi connectivity index (χ3v) is 3.83. The van der Waals surface area contributed by atoms with E-state index in [2.05, 4.69) is 10.00 Å². The summed E-state index contributed by atoms with van der Waals surface area (Å²) in [5.74, 6) is 0.782. The number of aliphatic hydroxyl groups excluding tert-OH is 1. The maximum absolute atomic E-state index is 10.2. The standard InChI is InChI=1S/C17H23N3O3/c21-15(14-23-16-5-2-1-3-6-16)11-19-9-10-22-17(12-19)13-20-8-4-7-18-20/h1-8,15,17,21H,9-14H2/t15-,17-/m0/s1. The highest BCUT2D eigenvalue weighted by Crippen LogP contribution is 2.11. The van der Waals surface area contributed by atoms with E-state index in [1.165, 1.54) is 0 Å². The summed E-state index contributed by atoms with van der Waals surface area (Å²) in [6.07, 6.45) is 3.29. The van der Waals surface area contributed by atoms with Crippen molar-refractivity contribution in [3.05, 3.63) is 48.8 Å². The van der Waals surface area contributed by atoms with Crippen molar-refractivity contribution in [1.82, 2.24) is 14.7 Å². The van der Waals surface area contributed by atoms with E-state index >= 15 is 0 Å². The van der Waals surface area contributed by atoms with Crippen LogP contribution in [-0.2, 0) is 11.3 Å². The molecule has 1 aromatic heterocycles. The number of para-hydroxylation sites is 1. The fourth-order valence-corrected chi connectivity index (χ4v) is 2.73. The smallest absolute Gasteiger partial charge is 0.119 e. The molecule has 1 N–H and O–H groups in total. The number of hydrogen-bond donors (Lipinski definition) is 1. The Hall–Kier alpha value is -1.89. The van der Waals surface area contributed by atoms with Crippen molar-refractivity contribution in [2.75, 3.05) is 32.8 Å². The van der Waals surface area contributed by atoms with Crippen LogP contribution in [0.2, 0.25) is 0 Å². The SMILES string of the molecule is O[C@H](COc1ccccc1)CN1CCO[C@H](Cn2cccn2)C1. The van der Waals surface area contributed by atoms with Crippen LogP contribution in [-0.4, -0.2) is 64.8 Å². The number of aromatic nitrogens is 2. The van der Waals surface area contributed by atoms with Gasteiger partial charge in [-0.3, -0.25) is 9.58 Å². The van der Waals surface area contributed by atoms with Crippen LogP contribution in [0, 0.1) is 0 Å². The fraction of sp³-hybridized carbons (Fsp3) is 0.471. The molecule has 124 valence electrons. The minimum atomic E-state index is -0.515. The van der Waals surface area contributed by atoms with Crippen molar-refractivity contribution in [2.24, 2.45) is 0 Å². The molecular weight excluding hydrogens is 294 g/mol. The van der Waals surface area contributed by atoms with Crippen LogP contribution in [0.5, 0.6) is 5.75 Å². The average Bonchev–Trinajstić information content (AvgIpc) is 3.07. The van der Waals surface area contributed by atoms with Crippen LogP contribution in [0.15, 0.2) is 48.8 Å². The van der Waals surface area contributed by atoms with Crippen molar-refractivity contribution in [2.45, 2.75) is 18.8 Å². The number of rotatable bonds is 7. The van der Waals surface area contributed by atoms with E-state index < -0.39 is 6.10 Å². The van der Waals surface area contributed by atoms with Gasteiger partial charge in [-0.1, -0.05) is 18.2 Å². The van der Waals surface area contributed by atoms with Crippen LogP contribution in [0.25, 0.3) is 0 Å². The van der Waals surface area contributed by atoms with E-state index in [9.17, 15) is 5.11 Å². The Morgan fingerprint density at radius 3 is 2.96 bits per heavy atom. The Labute approximate surface area is 136 Å². The van der Waals surface area contributed by atoms with Gasteiger partial charge in [-0.05, 0) is 18.2 Å². The first-order valence-corrected chi connectivity index (χ1v) is 7.97. The first-order chi connectivity index (χ1) is 11.3. The molecular formula is C17H23N3O3. The Morgan fingerprint density at radius 1 is 1.30 bits per heavy atom. The highest BCUT2D eigenvalue weighted by molar-refractivity contribution is 5.20.